The summed E-state index contributed by atoms with van der Waals surface area (Å²) in [4.78, 5) is 11.9. The van der Waals surface area contributed by atoms with Gasteiger partial charge in [-0.1, -0.05) is 0 Å². The highest BCUT2D eigenvalue weighted by atomic mass is 35.5. The SMILES string of the molecule is CC(C)n1ccc(CC(=O)c2ccoc2Cl)n1. The minimum Gasteiger partial charge on any atom is -0.452 e. The average molecular weight is 253 g/mol. The minimum absolute atomic E-state index is 0.0854. The molecule has 0 unspecified atom stereocenters. The van der Waals surface area contributed by atoms with Crippen LogP contribution in [0.3, 0.4) is 0 Å². The van der Waals surface area contributed by atoms with Crippen molar-refractivity contribution in [1.29, 1.82) is 0 Å². The lowest BCUT2D eigenvalue weighted by Crippen LogP contribution is -2.06. The minimum atomic E-state index is -0.0854. The molecule has 0 aromatic carbocycles. The molecule has 0 bridgehead atoms. The normalized spacial score (nSPS) is 11.1. The van der Waals surface area contributed by atoms with Gasteiger partial charge in [-0.25, -0.2) is 0 Å². The van der Waals surface area contributed by atoms with E-state index in [0.29, 0.717) is 5.56 Å². The molecule has 2 aromatic heterocycles. The summed E-state index contributed by atoms with van der Waals surface area (Å²) in [6.45, 7) is 4.07. The van der Waals surface area contributed by atoms with Crippen LogP contribution in [-0.2, 0) is 6.42 Å². The number of hydrogen-bond acceptors (Lipinski definition) is 3. The van der Waals surface area contributed by atoms with Crippen LogP contribution in [0, 0.1) is 0 Å². The lowest BCUT2D eigenvalue weighted by molar-refractivity contribution is 0.0991. The standard InChI is InChI=1S/C12H13ClN2O2/c1-8(2)15-5-3-9(14-15)7-11(16)10-4-6-17-12(10)13/h3-6,8H,7H2,1-2H3. The van der Waals surface area contributed by atoms with Crippen LogP contribution in [0.1, 0.15) is 35.9 Å². The quantitative estimate of drug-likeness (QED) is 0.786. The Morgan fingerprint density at radius 3 is 2.82 bits per heavy atom. The number of furan rings is 1. The maximum atomic E-state index is 11.9. The summed E-state index contributed by atoms with van der Waals surface area (Å²) in [5.41, 5.74) is 1.15. The van der Waals surface area contributed by atoms with Crippen LogP contribution in [0.4, 0.5) is 0 Å². The van der Waals surface area contributed by atoms with Crippen molar-refractivity contribution in [2.24, 2.45) is 0 Å². The number of aromatic nitrogens is 2. The van der Waals surface area contributed by atoms with E-state index in [1.807, 2.05) is 30.8 Å². The van der Waals surface area contributed by atoms with Gasteiger partial charge in [-0.3, -0.25) is 9.48 Å². The molecule has 0 spiro atoms. The van der Waals surface area contributed by atoms with Gasteiger partial charge < -0.3 is 4.42 Å². The Bertz CT molecular complexity index is 528. The van der Waals surface area contributed by atoms with E-state index < -0.39 is 0 Å². The van der Waals surface area contributed by atoms with Crippen molar-refractivity contribution in [3.63, 3.8) is 0 Å². The molecule has 2 heterocycles. The zero-order chi connectivity index (χ0) is 12.4. The van der Waals surface area contributed by atoms with E-state index in [2.05, 4.69) is 5.10 Å². The fourth-order valence-electron chi connectivity index (χ4n) is 1.51. The van der Waals surface area contributed by atoms with Gasteiger partial charge in [0.15, 0.2) is 5.78 Å². The van der Waals surface area contributed by atoms with Crippen LogP contribution in [0.5, 0.6) is 0 Å². The topological polar surface area (TPSA) is 48.0 Å². The molecule has 4 nitrogen and oxygen atoms in total. The first-order chi connectivity index (χ1) is 8.08. The fourth-order valence-corrected chi connectivity index (χ4v) is 1.73. The van der Waals surface area contributed by atoms with Gasteiger partial charge >= 0.3 is 0 Å². The zero-order valence-electron chi connectivity index (χ0n) is 9.68. The molecule has 0 aliphatic rings. The Hall–Kier alpha value is -1.55. The second-order valence-corrected chi connectivity index (χ2v) is 4.43. The van der Waals surface area contributed by atoms with E-state index in [4.69, 9.17) is 16.0 Å². The summed E-state index contributed by atoms with van der Waals surface area (Å²) in [6, 6.07) is 3.70. The van der Waals surface area contributed by atoms with Gasteiger partial charge in [-0.15, -0.1) is 0 Å². The number of nitrogens with zero attached hydrogens (tertiary/aromatic N) is 2. The van der Waals surface area contributed by atoms with Crippen molar-refractivity contribution in [2.75, 3.05) is 0 Å². The highest BCUT2D eigenvalue weighted by molar-refractivity contribution is 6.32. The molecular weight excluding hydrogens is 240 g/mol. The molecule has 0 N–H and O–H groups in total. The molecule has 0 amide bonds. The first-order valence-electron chi connectivity index (χ1n) is 5.38. The predicted octanol–water partition coefficient (Wildman–Crippen LogP) is 3.14. The maximum absolute atomic E-state index is 11.9. The summed E-state index contributed by atoms with van der Waals surface area (Å²) in [5.74, 6) is -0.0854. The highest BCUT2D eigenvalue weighted by Gasteiger charge is 2.15. The van der Waals surface area contributed by atoms with Crippen LogP contribution < -0.4 is 0 Å². The first kappa shape index (κ1) is 11.9. The molecule has 0 saturated heterocycles. The smallest absolute Gasteiger partial charge is 0.203 e. The van der Waals surface area contributed by atoms with E-state index in [-0.39, 0.29) is 23.5 Å². The molecule has 2 aromatic rings. The third-order valence-corrected chi connectivity index (χ3v) is 2.75. The number of hydrogen-bond donors (Lipinski definition) is 0. The first-order valence-corrected chi connectivity index (χ1v) is 5.76. The number of ketones is 1. The lowest BCUT2D eigenvalue weighted by Gasteiger charge is -2.03. The maximum Gasteiger partial charge on any atom is 0.203 e. The summed E-state index contributed by atoms with van der Waals surface area (Å²) in [7, 11) is 0. The Balaban J connectivity index is 2.11. The van der Waals surface area contributed by atoms with Crippen LogP contribution in [0.2, 0.25) is 5.22 Å². The van der Waals surface area contributed by atoms with Gasteiger partial charge in [0, 0.05) is 12.2 Å². The summed E-state index contributed by atoms with van der Waals surface area (Å²) >= 11 is 5.74. The summed E-state index contributed by atoms with van der Waals surface area (Å²) < 4.78 is 6.70. The number of carbonyl (C=O) groups excluding carboxylic acids is 1. The third kappa shape index (κ3) is 2.58. The van der Waals surface area contributed by atoms with Crippen LogP contribution in [-0.4, -0.2) is 15.6 Å². The zero-order valence-corrected chi connectivity index (χ0v) is 10.4. The van der Waals surface area contributed by atoms with Crippen molar-refractivity contribution in [3.8, 4) is 0 Å². The van der Waals surface area contributed by atoms with E-state index in [1.165, 1.54) is 6.26 Å². The molecule has 5 heteroatoms. The van der Waals surface area contributed by atoms with E-state index >= 15 is 0 Å². The number of carbonyl (C=O) groups is 1. The molecule has 0 aliphatic carbocycles. The Labute approximate surface area is 104 Å². The van der Waals surface area contributed by atoms with E-state index in [0.717, 1.165) is 5.69 Å². The predicted molar refractivity (Wildman–Crippen MR) is 64.4 cm³/mol. The second kappa shape index (κ2) is 4.75. The van der Waals surface area contributed by atoms with Gasteiger partial charge in [0.1, 0.15) is 0 Å². The molecule has 17 heavy (non-hydrogen) atoms. The average Bonchev–Trinajstić information content (AvgIpc) is 2.86. The van der Waals surface area contributed by atoms with Gasteiger partial charge in [0.05, 0.1) is 23.9 Å². The lowest BCUT2D eigenvalue weighted by atomic mass is 10.1. The highest BCUT2D eigenvalue weighted by Crippen LogP contribution is 2.18. The largest absolute Gasteiger partial charge is 0.452 e. The molecule has 0 atom stereocenters. The molecular formula is C12H13ClN2O2. The third-order valence-electron chi connectivity index (χ3n) is 2.45. The molecule has 0 saturated carbocycles. The van der Waals surface area contributed by atoms with Gasteiger partial charge in [0.2, 0.25) is 5.22 Å². The summed E-state index contributed by atoms with van der Waals surface area (Å²) in [5, 5.41) is 4.45. The molecule has 0 fully saturated rings. The fraction of sp³-hybridized carbons (Fsp3) is 0.333. The molecule has 2 rings (SSSR count). The van der Waals surface area contributed by atoms with Crippen molar-refractivity contribution in [1.82, 2.24) is 9.78 Å². The Kier molecular flexibility index (Phi) is 3.33. The molecule has 0 aliphatic heterocycles. The van der Waals surface area contributed by atoms with Gasteiger partial charge in [-0.2, -0.15) is 5.10 Å². The van der Waals surface area contributed by atoms with Crippen LogP contribution >= 0.6 is 11.6 Å². The number of halogens is 1. The Morgan fingerprint density at radius 2 is 2.29 bits per heavy atom. The van der Waals surface area contributed by atoms with Crippen molar-refractivity contribution < 1.29 is 9.21 Å². The molecule has 90 valence electrons. The second-order valence-electron chi connectivity index (χ2n) is 4.09. The van der Waals surface area contributed by atoms with Crippen LogP contribution in [0.15, 0.2) is 29.0 Å². The number of Topliss-reactive ketones (excluding diaryl/α,β-unsaturated/α-hetero) is 1. The Morgan fingerprint density at radius 1 is 1.53 bits per heavy atom. The summed E-state index contributed by atoms with van der Waals surface area (Å²) in [6.07, 6.45) is 3.51. The van der Waals surface area contributed by atoms with Crippen molar-refractivity contribution >= 4 is 17.4 Å². The van der Waals surface area contributed by atoms with Crippen LogP contribution in [0.25, 0.3) is 0 Å². The molecule has 0 radical (unpaired) electrons. The van der Waals surface area contributed by atoms with Crippen molar-refractivity contribution in [3.05, 3.63) is 41.1 Å². The number of rotatable bonds is 4. The van der Waals surface area contributed by atoms with E-state index in [1.54, 1.807) is 6.07 Å². The van der Waals surface area contributed by atoms with Crippen molar-refractivity contribution in [2.45, 2.75) is 26.3 Å². The van der Waals surface area contributed by atoms with Gasteiger partial charge in [-0.05, 0) is 37.6 Å². The van der Waals surface area contributed by atoms with E-state index in [9.17, 15) is 4.79 Å². The van der Waals surface area contributed by atoms with Gasteiger partial charge in [0.25, 0.3) is 0 Å². The monoisotopic (exact) mass is 252 g/mol.